The van der Waals surface area contributed by atoms with Crippen molar-refractivity contribution in [2.75, 3.05) is 0 Å². The van der Waals surface area contributed by atoms with Crippen molar-refractivity contribution >= 4 is 59.7 Å². The number of aryl methyl sites for hydroxylation is 1. The Hall–Kier alpha value is -2.51. The van der Waals surface area contributed by atoms with E-state index in [9.17, 15) is 9.59 Å². The number of halogens is 2. The number of benzene rings is 2. The molecule has 0 radical (unpaired) electrons. The predicted octanol–water partition coefficient (Wildman–Crippen LogP) is 5.39. The molecule has 0 saturated carbocycles. The molecule has 4 aromatic rings. The van der Waals surface area contributed by atoms with E-state index < -0.39 is 11.6 Å². The number of ether oxygens (including phenoxy) is 1. The molecule has 7 heteroatoms. The van der Waals surface area contributed by atoms with Gasteiger partial charge in [-0.05, 0) is 53.2 Å². The minimum absolute atomic E-state index is 0.183. The first-order valence-corrected chi connectivity index (χ1v) is 9.52. The van der Waals surface area contributed by atoms with E-state index >= 15 is 0 Å². The number of aromatic nitrogens is 1. The quantitative estimate of drug-likeness (QED) is 0.215. The fourth-order valence-electron chi connectivity index (χ4n) is 2.75. The molecule has 0 aliphatic rings. The first-order valence-electron chi connectivity index (χ1n) is 7.94. The highest BCUT2D eigenvalue weighted by Crippen LogP contribution is 2.29. The van der Waals surface area contributed by atoms with E-state index in [0.29, 0.717) is 21.0 Å². The number of hydrogen-bond acceptors (Lipinski definition) is 5. The number of para-hydroxylation sites is 1. The average Bonchev–Trinajstić information content (AvgIpc) is 2.62. The number of carbonyl (C=O) groups is 1. The summed E-state index contributed by atoms with van der Waals surface area (Å²) >= 11 is 6.72. The number of esters is 1. The van der Waals surface area contributed by atoms with Gasteiger partial charge in [0, 0.05) is 20.9 Å². The van der Waals surface area contributed by atoms with Gasteiger partial charge < -0.3 is 9.15 Å². The van der Waals surface area contributed by atoms with E-state index in [4.69, 9.17) is 9.15 Å². The second-order valence-electron chi connectivity index (χ2n) is 5.92. The Balaban J connectivity index is 1.79. The van der Waals surface area contributed by atoms with E-state index in [-0.39, 0.29) is 11.3 Å². The predicted molar refractivity (Wildman–Crippen MR) is 109 cm³/mol. The molecule has 0 atom stereocenters. The molecule has 5 nitrogen and oxygen atoms in total. The van der Waals surface area contributed by atoms with Crippen molar-refractivity contribution in [3.63, 3.8) is 0 Å². The maximum Gasteiger partial charge on any atom is 0.351 e. The lowest BCUT2D eigenvalue weighted by Gasteiger charge is -2.08. The molecule has 0 aliphatic heterocycles. The molecular weight excluding hydrogens is 478 g/mol. The molecule has 0 bridgehead atoms. The van der Waals surface area contributed by atoms with Crippen LogP contribution >= 0.6 is 31.9 Å². The SMILES string of the molecule is Cc1ccc2cccc(OC(=O)c3cc4cc(Br)cc(Br)c4oc3=O)c2n1. The van der Waals surface area contributed by atoms with E-state index in [0.717, 1.165) is 15.6 Å². The van der Waals surface area contributed by atoms with Gasteiger partial charge in [-0.3, -0.25) is 0 Å². The summed E-state index contributed by atoms with van der Waals surface area (Å²) in [4.78, 5) is 29.4. The van der Waals surface area contributed by atoms with E-state index in [1.807, 2.05) is 25.1 Å². The molecule has 4 rings (SSSR count). The molecule has 0 amide bonds. The lowest BCUT2D eigenvalue weighted by Crippen LogP contribution is -2.19. The highest BCUT2D eigenvalue weighted by atomic mass is 79.9. The van der Waals surface area contributed by atoms with Gasteiger partial charge in [0.05, 0.1) is 4.47 Å². The molecule has 0 aliphatic carbocycles. The number of hydrogen-bond donors (Lipinski definition) is 0. The molecule has 27 heavy (non-hydrogen) atoms. The maximum atomic E-state index is 12.6. The Morgan fingerprint density at radius 3 is 2.70 bits per heavy atom. The van der Waals surface area contributed by atoms with Crippen molar-refractivity contribution in [3.8, 4) is 5.75 Å². The second kappa shape index (κ2) is 6.90. The summed E-state index contributed by atoms with van der Waals surface area (Å²) in [7, 11) is 0. The van der Waals surface area contributed by atoms with Gasteiger partial charge in [0.1, 0.15) is 11.1 Å². The number of nitrogens with zero attached hydrogens (tertiary/aromatic N) is 1. The first kappa shape index (κ1) is 17.9. The lowest BCUT2D eigenvalue weighted by atomic mass is 10.2. The van der Waals surface area contributed by atoms with Crippen LogP contribution in [-0.4, -0.2) is 11.0 Å². The lowest BCUT2D eigenvalue weighted by molar-refractivity contribution is 0.0732. The first-order chi connectivity index (χ1) is 12.9. The Labute approximate surface area is 170 Å². The van der Waals surface area contributed by atoms with Gasteiger partial charge in [-0.1, -0.05) is 34.1 Å². The fraction of sp³-hybridized carbons (Fsp3) is 0.0500. The van der Waals surface area contributed by atoms with Crippen LogP contribution in [0.4, 0.5) is 0 Å². The minimum atomic E-state index is -0.794. The van der Waals surface area contributed by atoms with Crippen molar-refractivity contribution in [2.45, 2.75) is 6.92 Å². The van der Waals surface area contributed by atoms with Gasteiger partial charge in [0.25, 0.3) is 0 Å². The Kier molecular flexibility index (Phi) is 4.57. The summed E-state index contributed by atoms with van der Waals surface area (Å²) in [6.07, 6.45) is 0. The van der Waals surface area contributed by atoms with Crippen molar-refractivity contribution in [2.24, 2.45) is 0 Å². The van der Waals surface area contributed by atoms with Crippen molar-refractivity contribution < 1.29 is 13.9 Å². The highest BCUT2D eigenvalue weighted by Gasteiger charge is 2.19. The molecule has 0 saturated heterocycles. The third-order valence-electron chi connectivity index (χ3n) is 4.00. The average molecular weight is 489 g/mol. The molecule has 2 aromatic heterocycles. The molecule has 0 spiro atoms. The van der Waals surface area contributed by atoms with E-state index in [2.05, 4.69) is 36.8 Å². The second-order valence-corrected chi connectivity index (χ2v) is 7.69. The van der Waals surface area contributed by atoms with Crippen LogP contribution < -0.4 is 10.4 Å². The van der Waals surface area contributed by atoms with Gasteiger partial charge >= 0.3 is 11.6 Å². The zero-order valence-corrected chi connectivity index (χ0v) is 17.1. The summed E-state index contributed by atoms with van der Waals surface area (Å²) < 4.78 is 12.2. The van der Waals surface area contributed by atoms with Crippen LogP contribution in [0, 0.1) is 6.92 Å². The maximum absolute atomic E-state index is 12.6. The monoisotopic (exact) mass is 487 g/mol. The Bertz CT molecular complexity index is 1280. The van der Waals surface area contributed by atoms with Crippen LogP contribution in [-0.2, 0) is 0 Å². The number of rotatable bonds is 2. The summed E-state index contributed by atoms with van der Waals surface area (Å²) in [5, 5.41) is 1.43. The molecule has 134 valence electrons. The summed E-state index contributed by atoms with van der Waals surface area (Å²) in [5.74, 6) is -0.506. The van der Waals surface area contributed by atoms with E-state index in [1.165, 1.54) is 6.07 Å². The highest BCUT2D eigenvalue weighted by molar-refractivity contribution is 9.11. The minimum Gasteiger partial charge on any atom is -0.421 e. The van der Waals surface area contributed by atoms with Gasteiger partial charge in [-0.15, -0.1) is 0 Å². The van der Waals surface area contributed by atoms with Crippen molar-refractivity contribution in [3.05, 3.63) is 79.2 Å². The van der Waals surface area contributed by atoms with Gasteiger partial charge in [-0.2, -0.15) is 0 Å². The van der Waals surface area contributed by atoms with Gasteiger partial charge in [0.15, 0.2) is 11.3 Å². The topological polar surface area (TPSA) is 69.4 Å². The Morgan fingerprint density at radius 2 is 1.89 bits per heavy atom. The number of fused-ring (bicyclic) bond motifs is 2. The zero-order chi connectivity index (χ0) is 19.1. The van der Waals surface area contributed by atoms with Crippen LogP contribution in [0.25, 0.3) is 21.9 Å². The molecule has 0 fully saturated rings. The zero-order valence-electron chi connectivity index (χ0n) is 14.0. The molecular formula is C20H11Br2NO4. The van der Waals surface area contributed by atoms with Crippen LogP contribution in [0.2, 0.25) is 0 Å². The largest absolute Gasteiger partial charge is 0.421 e. The summed E-state index contributed by atoms with van der Waals surface area (Å²) in [6, 6.07) is 14.0. The molecule has 0 N–H and O–H groups in total. The molecule has 0 unspecified atom stereocenters. The van der Waals surface area contributed by atoms with Crippen molar-refractivity contribution in [1.82, 2.24) is 4.98 Å². The van der Waals surface area contributed by atoms with Crippen molar-refractivity contribution in [1.29, 1.82) is 0 Å². The summed E-state index contributed by atoms with van der Waals surface area (Å²) in [6.45, 7) is 1.85. The van der Waals surface area contributed by atoms with Crippen LogP contribution in [0.15, 0.2) is 66.7 Å². The van der Waals surface area contributed by atoms with Gasteiger partial charge in [0.2, 0.25) is 0 Å². The van der Waals surface area contributed by atoms with Crippen LogP contribution in [0.5, 0.6) is 5.75 Å². The van der Waals surface area contributed by atoms with Crippen LogP contribution in [0.1, 0.15) is 16.1 Å². The van der Waals surface area contributed by atoms with E-state index in [1.54, 1.807) is 24.3 Å². The third-order valence-corrected chi connectivity index (χ3v) is 5.04. The Morgan fingerprint density at radius 1 is 1.07 bits per heavy atom. The van der Waals surface area contributed by atoms with Gasteiger partial charge in [-0.25, -0.2) is 14.6 Å². The third kappa shape index (κ3) is 3.40. The molecule has 2 aromatic carbocycles. The fourth-order valence-corrected chi connectivity index (χ4v) is 4.09. The normalized spacial score (nSPS) is 11.1. The molecule has 2 heterocycles. The number of pyridine rings is 1. The summed E-state index contributed by atoms with van der Waals surface area (Å²) in [5.41, 5.74) is 0.770. The number of carbonyl (C=O) groups excluding carboxylic acids is 1. The standard InChI is InChI=1S/C20H11Br2NO4/c1-10-5-6-11-3-2-4-16(17(11)23-10)26-19(24)14-8-12-7-13(21)9-15(22)18(12)27-20(14)25/h2-9H,1H3. The van der Waals surface area contributed by atoms with Crippen LogP contribution in [0.3, 0.4) is 0 Å². The smallest absolute Gasteiger partial charge is 0.351 e.